The first-order valence-corrected chi connectivity index (χ1v) is 12.1. The molecule has 0 bridgehead atoms. The molecule has 3 atom stereocenters. The van der Waals surface area contributed by atoms with Crippen LogP contribution in [0.15, 0.2) is 0 Å². The van der Waals surface area contributed by atoms with E-state index in [1.165, 1.54) is 0 Å². The molecular formula is C24H43N3O6. The lowest BCUT2D eigenvalue weighted by Crippen LogP contribution is -2.51. The first-order valence-electron chi connectivity index (χ1n) is 12.1. The number of nitrogens with one attached hydrogen (secondary N) is 3. The van der Waals surface area contributed by atoms with Gasteiger partial charge in [0, 0.05) is 12.5 Å². The Morgan fingerprint density at radius 3 is 2.00 bits per heavy atom. The van der Waals surface area contributed by atoms with Crippen molar-refractivity contribution in [1.29, 1.82) is 0 Å². The molecule has 0 aromatic rings. The molecule has 0 heterocycles. The minimum atomic E-state index is -1.01. The minimum Gasteiger partial charge on any atom is -0.480 e. The molecule has 1 aliphatic rings. The molecule has 0 unspecified atom stereocenters. The van der Waals surface area contributed by atoms with E-state index in [0.717, 1.165) is 12.8 Å². The second-order valence-electron chi connectivity index (χ2n) is 10.5. The van der Waals surface area contributed by atoms with E-state index in [4.69, 9.17) is 4.74 Å². The van der Waals surface area contributed by atoms with Crippen molar-refractivity contribution in [1.82, 2.24) is 16.0 Å². The van der Waals surface area contributed by atoms with Crippen molar-refractivity contribution in [2.75, 3.05) is 6.54 Å². The minimum absolute atomic E-state index is 0.107. The summed E-state index contributed by atoms with van der Waals surface area (Å²) in [5.41, 5.74) is -0.647. The highest BCUT2D eigenvalue weighted by Gasteiger charge is 2.32. The largest absolute Gasteiger partial charge is 0.480 e. The number of hydrogen-bond acceptors (Lipinski definition) is 5. The normalized spacial score (nSPS) is 21.5. The number of amides is 3. The van der Waals surface area contributed by atoms with E-state index in [1.54, 1.807) is 20.8 Å². The van der Waals surface area contributed by atoms with Crippen LogP contribution in [0.25, 0.3) is 0 Å². The Balaban J connectivity index is 2.51. The van der Waals surface area contributed by atoms with Gasteiger partial charge in [-0.05, 0) is 64.2 Å². The van der Waals surface area contributed by atoms with Crippen molar-refractivity contribution in [3.63, 3.8) is 0 Å². The molecular weight excluding hydrogens is 426 g/mol. The van der Waals surface area contributed by atoms with Crippen molar-refractivity contribution in [3.05, 3.63) is 0 Å². The third kappa shape index (κ3) is 10.0. The molecule has 1 saturated carbocycles. The van der Waals surface area contributed by atoms with E-state index < -0.39 is 29.7 Å². The lowest BCUT2D eigenvalue weighted by molar-refractivity contribution is -0.144. The monoisotopic (exact) mass is 469 g/mol. The average Bonchev–Trinajstić information content (AvgIpc) is 2.72. The number of aliphatic carboxylic acids is 1. The summed E-state index contributed by atoms with van der Waals surface area (Å²) in [4.78, 5) is 48.8. The van der Waals surface area contributed by atoms with Crippen LogP contribution in [-0.2, 0) is 19.1 Å². The van der Waals surface area contributed by atoms with Gasteiger partial charge in [-0.15, -0.1) is 0 Å². The molecule has 33 heavy (non-hydrogen) atoms. The lowest BCUT2D eigenvalue weighted by atomic mass is 9.81. The molecule has 190 valence electrons. The topological polar surface area (TPSA) is 134 Å². The van der Waals surface area contributed by atoms with E-state index in [0.29, 0.717) is 25.8 Å². The molecule has 0 spiro atoms. The highest BCUT2D eigenvalue weighted by Crippen LogP contribution is 2.29. The number of carboxylic acids is 1. The zero-order chi connectivity index (χ0) is 25.3. The molecule has 1 aliphatic carbocycles. The molecule has 1 fully saturated rings. The van der Waals surface area contributed by atoms with Crippen molar-refractivity contribution >= 4 is 23.9 Å². The fraction of sp³-hybridized carbons (Fsp3) is 0.833. The first kappa shape index (κ1) is 28.7. The molecule has 0 radical (unpaired) electrons. The molecule has 1 rings (SSSR count). The summed E-state index contributed by atoms with van der Waals surface area (Å²) in [6.45, 7) is 13.2. The van der Waals surface area contributed by atoms with Gasteiger partial charge in [-0.25, -0.2) is 9.59 Å². The number of ether oxygens (including phenoxy) is 1. The number of alkyl carbamates (subject to hydrolysis) is 1. The van der Waals surface area contributed by atoms with Crippen molar-refractivity contribution in [2.24, 2.45) is 23.7 Å². The van der Waals surface area contributed by atoms with E-state index in [2.05, 4.69) is 16.0 Å². The third-order valence-corrected chi connectivity index (χ3v) is 6.18. The lowest BCUT2D eigenvalue weighted by Gasteiger charge is -2.30. The Labute approximate surface area is 197 Å². The average molecular weight is 470 g/mol. The van der Waals surface area contributed by atoms with Crippen LogP contribution < -0.4 is 16.0 Å². The maximum atomic E-state index is 12.7. The maximum absolute atomic E-state index is 12.7. The first-order chi connectivity index (χ1) is 15.2. The van der Waals surface area contributed by atoms with Crippen LogP contribution in [0.4, 0.5) is 4.79 Å². The van der Waals surface area contributed by atoms with Crippen LogP contribution in [-0.4, -0.2) is 53.2 Å². The number of rotatable bonds is 10. The smallest absolute Gasteiger partial charge is 0.408 e. The predicted molar refractivity (Wildman–Crippen MR) is 125 cm³/mol. The van der Waals surface area contributed by atoms with E-state index in [9.17, 15) is 24.3 Å². The summed E-state index contributed by atoms with van der Waals surface area (Å²) in [6.07, 6.45) is 2.90. The zero-order valence-corrected chi connectivity index (χ0v) is 21.2. The maximum Gasteiger partial charge on any atom is 0.408 e. The third-order valence-electron chi connectivity index (χ3n) is 6.18. The van der Waals surface area contributed by atoms with Crippen LogP contribution in [0.5, 0.6) is 0 Å². The van der Waals surface area contributed by atoms with Gasteiger partial charge in [0.05, 0.1) is 0 Å². The van der Waals surface area contributed by atoms with Gasteiger partial charge in [0.25, 0.3) is 0 Å². The van der Waals surface area contributed by atoms with Gasteiger partial charge in [-0.1, -0.05) is 34.1 Å². The molecule has 3 amide bonds. The predicted octanol–water partition coefficient (Wildman–Crippen LogP) is 3.07. The van der Waals surface area contributed by atoms with Crippen LogP contribution in [0, 0.1) is 23.7 Å². The van der Waals surface area contributed by atoms with Crippen molar-refractivity contribution in [3.8, 4) is 0 Å². The van der Waals surface area contributed by atoms with E-state index >= 15 is 0 Å². The molecule has 0 aliphatic heterocycles. The van der Waals surface area contributed by atoms with Crippen LogP contribution in [0.3, 0.4) is 0 Å². The van der Waals surface area contributed by atoms with Gasteiger partial charge in [0.2, 0.25) is 11.8 Å². The second kappa shape index (κ2) is 12.8. The van der Waals surface area contributed by atoms with Gasteiger partial charge in [0.1, 0.15) is 17.7 Å². The fourth-order valence-electron chi connectivity index (χ4n) is 3.91. The molecule has 0 saturated heterocycles. The highest BCUT2D eigenvalue weighted by atomic mass is 16.6. The molecule has 9 heteroatoms. The molecule has 4 N–H and O–H groups in total. The Kier molecular flexibility index (Phi) is 11.1. The highest BCUT2D eigenvalue weighted by molar-refractivity contribution is 5.86. The number of carboxylic acid groups (broad SMARTS) is 1. The van der Waals surface area contributed by atoms with Gasteiger partial charge in [-0.2, -0.15) is 0 Å². The Hall–Kier alpha value is -2.32. The quantitative estimate of drug-likeness (QED) is 0.388. The van der Waals surface area contributed by atoms with Crippen molar-refractivity contribution in [2.45, 2.75) is 98.3 Å². The standard InChI is InChI=1S/C24H43N3O6/c1-8-15(4)19(22(30)31)26-20(28)17-11-9-16(10-12-17)13-25-21(29)18(14(2)3)27-23(32)33-24(5,6)7/h14-19H,8-13H2,1-7H3,(H,25,29)(H,26,28)(H,27,32)(H,30,31)/t15-,16?,17?,18+,19-/m0/s1. The summed E-state index contributed by atoms with van der Waals surface area (Å²) in [5, 5.41) is 17.7. The van der Waals surface area contributed by atoms with E-state index in [1.807, 2.05) is 27.7 Å². The summed E-state index contributed by atoms with van der Waals surface area (Å²) in [6, 6.07) is -1.57. The number of carbonyl (C=O) groups is 4. The fourth-order valence-corrected chi connectivity index (χ4v) is 3.91. The Morgan fingerprint density at radius 2 is 1.55 bits per heavy atom. The van der Waals surface area contributed by atoms with Crippen LogP contribution >= 0.6 is 0 Å². The summed E-state index contributed by atoms with van der Waals surface area (Å²) >= 11 is 0. The van der Waals surface area contributed by atoms with E-state index in [-0.39, 0.29) is 35.5 Å². The van der Waals surface area contributed by atoms with Crippen LogP contribution in [0.2, 0.25) is 0 Å². The zero-order valence-electron chi connectivity index (χ0n) is 21.2. The van der Waals surface area contributed by atoms with Gasteiger partial charge in [-0.3, -0.25) is 9.59 Å². The number of carbonyl (C=O) groups excluding carboxylic acids is 3. The van der Waals surface area contributed by atoms with Gasteiger partial charge < -0.3 is 25.8 Å². The van der Waals surface area contributed by atoms with Crippen LogP contribution in [0.1, 0.15) is 80.6 Å². The molecule has 0 aromatic heterocycles. The SMILES string of the molecule is CC[C@H](C)[C@H](NC(=O)C1CCC(CNC(=O)[C@H](NC(=O)OC(C)(C)C)C(C)C)CC1)C(=O)O. The van der Waals surface area contributed by atoms with Gasteiger partial charge >= 0.3 is 12.1 Å². The molecule has 0 aromatic carbocycles. The second-order valence-corrected chi connectivity index (χ2v) is 10.5. The Bertz CT molecular complexity index is 680. The Morgan fingerprint density at radius 1 is 0.970 bits per heavy atom. The van der Waals surface area contributed by atoms with Crippen molar-refractivity contribution < 1.29 is 29.0 Å². The summed E-state index contributed by atoms with van der Waals surface area (Å²) < 4.78 is 5.26. The summed E-state index contributed by atoms with van der Waals surface area (Å²) in [5.74, 6) is -1.68. The van der Waals surface area contributed by atoms with Gasteiger partial charge in [0.15, 0.2) is 0 Å². The summed E-state index contributed by atoms with van der Waals surface area (Å²) in [7, 11) is 0. The number of hydrogen-bond donors (Lipinski definition) is 4. The molecule has 9 nitrogen and oxygen atoms in total.